The van der Waals surface area contributed by atoms with Crippen LogP contribution in [0.2, 0.25) is 0 Å². The monoisotopic (exact) mass is 520 g/mol. The summed E-state index contributed by atoms with van der Waals surface area (Å²) in [6.07, 6.45) is 8.41. The van der Waals surface area contributed by atoms with Crippen molar-refractivity contribution < 1.29 is 42.9 Å². The smallest absolute Gasteiger partial charge is 0.302 e. The van der Waals surface area contributed by atoms with Crippen LogP contribution in [-0.4, -0.2) is 56.1 Å². The molecule has 0 N–H and O–H groups in total. The first kappa shape index (κ1) is 33.5. The molecule has 0 aromatic carbocycles. The number of hydrogen-bond acceptors (Lipinski definition) is 9. The SMILES string of the molecule is C=C(CCC=C(CCC=C(C)COC(C)=O)COC(C)=O)C(=O)CCC(=CCOC(C)=O)COC(C)=O. The summed E-state index contributed by atoms with van der Waals surface area (Å²) in [5.41, 5.74) is 2.99. The van der Waals surface area contributed by atoms with E-state index in [1.807, 2.05) is 19.1 Å². The number of ether oxygens (including phenoxy) is 4. The average molecular weight is 521 g/mol. The molecule has 0 aromatic heterocycles. The number of ketones is 1. The van der Waals surface area contributed by atoms with Crippen LogP contribution in [0.15, 0.2) is 47.1 Å². The lowest BCUT2D eigenvalue weighted by atomic mass is 9.99. The number of carbonyl (C=O) groups is 5. The summed E-state index contributed by atoms with van der Waals surface area (Å²) in [7, 11) is 0. The van der Waals surface area contributed by atoms with E-state index in [-0.39, 0.29) is 50.6 Å². The molecular formula is C28H40O9. The van der Waals surface area contributed by atoms with Gasteiger partial charge >= 0.3 is 23.9 Å². The van der Waals surface area contributed by atoms with Crippen molar-refractivity contribution in [1.82, 2.24) is 0 Å². The summed E-state index contributed by atoms with van der Waals surface area (Å²) >= 11 is 0. The zero-order valence-electron chi connectivity index (χ0n) is 22.7. The van der Waals surface area contributed by atoms with Crippen LogP contribution in [0.1, 0.15) is 73.1 Å². The zero-order chi connectivity index (χ0) is 28.2. The van der Waals surface area contributed by atoms with Crippen molar-refractivity contribution in [1.29, 1.82) is 0 Å². The fraction of sp³-hybridized carbons (Fsp3) is 0.536. The molecule has 0 heterocycles. The number of allylic oxidation sites excluding steroid dienone is 3. The molecule has 0 aromatic rings. The molecule has 0 amide bonds. The maximum Gasteiger partial charge on any atom is 0.302 e. The second-order valence-corrected chi connectivity index (χ2v) is 8.52. The van der Waals surface area contributed by atoms with Crippen molar-refractivity contribution in [3.8, 4) is 0 Å². The summed E-state index contributed by atoms with van der Waals surface area (Å²) in [5.74, 6) is -1.70. The molecule has 0 rings (SSSR count). The van der Waals surface area contributed by atoms with E-state index in [1.54, 1.807) is 6.08 Å². The van der Waals surface area contributed by atoms with E-state index in [4.69, 9.17) is 18.9 Å². The van der Waals surface area contributed by atoms with Gasteiger partial charge in [0.15, 0.2) is 5.78 Å². The first-order valence-electron chi connectivity index (χ1n) is 12.2. The highest BCUT2D eigenvalue weighted by molar-refractivity contribution is 5.94. The summed E-state index contributed by atoms with van der Waals surface area (Å²) in [4.78, 5) is 56.8. The Kier molecular flexibility index (Phi) is 17.8. The normalized spacial score (nSPS) is 12.0. The lowest BCUT2D eigenvalue weighted by Gasteiger charge is -2.10. The van der Waals surface area contributed by atoms with E-state index < -0.39 is 11.9 Å². The van der Waals surface area contributed by atoms with Crippen molar-refractivity contribution in [2.45, 2.75) is 73.1 Å². The summed E-state index contributed by atoms with van der Waals surface area (Å²) < 4.78 is 20.0. The van der Waals surface area contributed by atoms with Gasteiger partial charge in [-0.25, -0.2) is 0 Å². The Morgan fingerprint density at radius 1 is 0.568 bits per heavy atom. The van der Waals surface area contributed by atoms with Gasteiger partial charge in [0.2, 0.25) is 0 Å². The van der Waals surface area contributed by atoms with Gasteiger partial charge in [0.05, 0.1) is 0 Å². The third-order valence-corrected chi connectivity index (χ3v) is 4.99. The molecule has 0 aliphatic rings. The van der Waals surface area contributed by atoms with Gasteiger partial charge in [-0.15, -0.1) is 0 Å². The lowest BCUT2D eigenvalue weighted by Crippen LogP contribution is -2.08. The van der Waals surface area contributed by atoms with Gasteiger partial charge in [-0.05, 0) is 67.4 Å². The van der Waals surface area contributed by atoms with E-state index in [0.29, 0.717) is 43.3 Å². The van der Waals surface area contributed by atoms with Crippen LogP contribution >= 0.6 is 0 Å². The Balaban J connectivity index is 4.86. The number of esters is 4. The van der Waals surface area contributed by atoms with Crippen molar-refractivity contribution in [3.05, 3.63) is 47.1 Å². The molecule has 37 heavy (non-hydrogen) atoms. The minimum atomic E-state index is -0.444. The molecule has 9 heteroatoms. The van der Waals surface area contributed by atoms with E-state index in [1.165, 1.54) is 27.7 Å². The fourth-order valence-electron chi connectivity index (χ4n) is 2.95. The largest absolute Gasteiger partial charge is 0.462 e. The van der Waals surface area contributed by atoms with Crippen molar-refractivity contribution in [2.24, 2.45) is 0 Å². The van der Waals surface area contributed by atoms with Crippen LogP contribution in [0, 0.1) is 0 Å². The highest BCUT2D eigenvalue weighted by Gasteiger charge is 2.10. The first-order chi connectivity index (χ1) is 17.4. The molecule has 206 valence electrons. The Hall–Kier alpha value is -3.49. The Labute approximate surface area is 219 Å². The van der Waals surface area contributed by atoms with E-state index in [2.05, 4.69) is 6.58 Å². The predicted molar refractivity (Wildman–Crippen MR) is 138 cm³/mol. The van der Waals surface area contributed by atoms with Gasteiger partial charge in [-0.2, -0.15) is 0 Å². The number of Topliss-reactive ketones (excluding diaryl/α,β-unsaturated/α-hetero) is 1. The third-order valence-electron chi connectivity index (χ3n) is 4.99. The summed E-state index contributed by atoms with van der Waals surface area (Å²) in [6, 6.07) is 0. The quantitative estimate of drug-likeness (QED) is 0.111. The maximum absolute atomic E-state index is 12.6. The molecule has 0 aliphatic carbocycles. The predicted octanol–water partition coefficient (Wildman–Crippen LogP) is 4.50. The molecule has 0 unspecified atom stereocenters. The van der Waals surface area contributed by atoms with E-state index in [9.17, 15) is 24.0 Å². The Bertz CT molecular complexity index is 907. The molecule has 0 aliphatic heterocycles. The van der Waals surface area contributed by atoms with Crippen LogP contribution < -0.4 is 0 Å². The van der Waals surface area contributed by atoms with Crippen molar-refractivity contribution in [3.63, 3.8) is 0 Å². The minimum Gasteiger partial charge on any atom is -0.462 e. The lowest BCUT2D eigenvalue weighted by molar-refractivity contribution is -0.141. The number of hydrogen-bond donors (Lipinski definition) is 0. The van der Waals surface area contributed by atoms with Crippen LogP contribution in [0.4, 0.5) is 0 Å². The van der Waals surface area contributed by atoms with Crippen LogP contribution in [-0.2, 0) is 42.9 Å². The Morgan fingerprint density at radius 3 is 1.59 bits per heavy atom. The second kappa shape index (κ2) is 19.7. The van der Waals surface area contributed by atoms with Gasteiger partial charge in [0, 0.05) is 34.1 Å². The summed E-state index contributed by atoms with van der Waals surface area (Å²) in [5, 5.41) is 0. The van der Waals surface area contributed by atoms with E-state index in [0.717, 1.165) is 11.1 Å². The van der Waals surface area contributed by atoms with Gasteiger partial charge < -0.3 is 18.9 Å². The molecule has 0 saturated carbocycles. The summed E-state index contributed by atoms with van der Waals surface area (Å²) in [6.45, 7) is 11.5. The van der Waals surface area contributed by atoms with Gasteiger partial charge in [-0.1, -0.05) is 18.7 Å². The highest BCUT2D eigenvalue weighted by Crippen LogP contribution is 2.16. The first-order valence-corrected chi connectivity index (χ1v) is 12.2. The van der Waals surface area contributed by atoms with Gasteiger partial charge in [0.25, 0.3) is 0 Å². The van der Waals surface area contributed by atoms with Crippen LogP contribution in [0.25, 0.3) is 0 Å². The number of rotatable bonds is 18. The molecule has 0 radical (unpaired) electrons. The van der Waals surface area contributed by atoms with E-state index >= 15 is 0 Å². The molecular weight excluding hydrogens is 480 g/mol. The third kappa shape index (κ3) is 20.4. The average Bonchev–Trinajstić information content (AvgIpc) is 2.81. The molecule has 0 atom stereocenters. The van der Waals surface area contributed by atoms with Gasteiger partial charge in [-0.3, -0.25) is 24.0 Å². The minimum absolute atomic E-state index is 0.0212. The molecule has 0 saturated heterocycles. The second-order valence-electron chi connectivity index (χ2n) is 8.52. The van der Waals surface area contributed by atoms with Crippen LogP contribution in [0.3, 0.4) is 0 Å². The van der Waals surface area contributed by atoms with Crippen molar-refractivity contribution in [2.75, 3.05) is 26.4 Å². The Morgan fingerprint density at radius 2 is 1.05 bits per heavy atom. The van der Waals surface area contributed by atoms with Crippen molar-refractivity contribution >= 4 is 29.7 Å². The van der Waals surface area contributed by atoms with Crippen LogP contribution in [0.5, 0.6) is 0 Å². The number of carbonyl (C=O) groups excluding carboxylic acids is 5. The standard InChI is InChI=1S/C28H40O9/c1-20(17-35-23(4)30)9-7-11-26(18-36-24(5)31)12-8-10-21(2)28(33)14-13-27(19-37-25(6)32)15-16-34-22(3)29/h9,12,15H,2,7-8,10-11,13-14,16-19H2,1,3-6H3. The topological polar surface area (TPSA) is 122 Å². The molecule has 0 spiro atoms. The highest BCUT2D eigenvalue weighted by atomic mass is 16.5. The molecule has 0 bridgehead atoms. The maximum atomic E-state index is 12.6. The van der Waals surface area contributed by atoms with Gasteiger partial charge in [0.1, 0.15) is 26.4 Å². The molecule has 9 nitrogen and oxygen atoms in total. The zero-order valence-corrected chi connectivity index (χ0v) is 22.7. The fourth-order valence-corrected chi connectivity index (χ4v) is 2.95. The molecule has 0 fully saturated rings.